The van der Waals surface area contributed by atoms with E-state index in [-0.39, 0.29) is 25.0 Å². The standard InChI is InChI=1S/C34H46O15/c1-15-23(43-16(2)35)13-34(49-22(8)41)30(48-21(7)40)28-32(11,24(44-17(3)36)12-25(45-18(4)37)33(28)14-42-33)29(47-20(6)39)27(46-19(5)38)26(15)31(34,9)10/h23-25,27-30H,12-14H2,1-11H3/t23-,24-,25-,27+,28-,29-,30-,32+,33+,34+/m0/s1. The van der Waals surface area contributed by atoms with E-state index in [9.17, 15) is 33.6 Å². The molecule has 1 saturated heterocycles. The first-order chi connectivity index (χ1) is 22.5. The van der Waals surface area contributed by atoms with Crippen LogP contribution >= 0.6 is 0 Å². The molecule has 49 heavy (non-hydrogen) atoms. The van der Waals surface area contributed by atoms with Gasteiger partial charge in [0.15, 0.2) is 17.8 Å². The molecular formula is C34H46O15. The van der Waals surface area contributed by atoms with Gasteiger partial charge < -0.3 is 37.9 Å². The minimum absolute atomic E-state index is 0.0630. The van der Waals surface area contributed by atoms with Gasteiger partial charge in [0.05, 0.1) is 12.0 Å². The minimum atomic E-state index is -1.91. The largest absolute Gasteiger partial charge is 0.462 e. The molecule has 0 aromatic carbocycles. The van der Waals surface area contributed by atoms with Gasteiger partial charge in [0.25, 0.3) is 0 Å². The van der Waals surface area contributed by atoms with Crippen LogP contribution in [0.2, 0.25) is 0 Å². The highest BCUT2D eigenvalue weighted by atomic mass is 16.7. The molecule has 0 N–H and O–H groups in total. The first-order valence-electron chi connectivity index (χ1n) is 16.1. The number of carbonyl (C=O) groups is 7. The summed E-state index contributed by atoms with van der Waals surface area (Å²) in [6.45, 7) is 14.8. The monoisotopic (exact) mass is 694 g/mol. The number of hydrogen-bond donors (Lipinski definition) is 0. The van der Waals surface area contributed by atoms with Crippen LogP contribution in [0.1, 0.15) is 89.0 Å². The number of epoxide rings is 1. The quantitative estimate of drug-likeness (QED) is 0.163. The molecule has 0 unspecified atom stereocenters. The lowest BCUT2D eigenvalue weighted by molar-refractivity contribution is -0.288. The van der Waals surface area contributed by atoms with Crippen molar-refractivity contribution in [2.24, 2.45) is 16.7 Å². The summed E-state index contributed by atoms with van der Waals surface area (Å²) in [6, 6.07) is 0. The Labute approximate surface area is 284 Å². The highest BCUT2D eigenvalue weighted by Crippen LogP contribution is 2.67. The highest BCUT2D eigenvalue weighted by Gasteiger charge is 2.81. The van der Waals surface area contributed by atoms with Crippen LogP contribution in [0, 0.1) is 16.7 Å². The third-order valence-electron chi connectivity index (χ3n) is 10.5. The van der Waals surface area contributed by atoms with Crippen LogP contribution in [0.15, 0.2) is 11.1 Å². The molecule has 1 heterocycles. The van der Waals surface area contributed by atoms with Gasteiger partial charge in [-0.2, -0.15) is 0 Å². The van der Waals surface area contributed by atoms with Crippen molar-refractivity contribution < 1.29 is 71.5 Å². The Morgan fingerprint density at radius 1 is 0.633 bits per heavy atom. The van der Waals surface area contributed by atoms with Gasteiger partial charge >= 0.3 is 41.8 Å². The van der Waals surface area contributed by atoms with E-state index in [0.717, 1.165) is 27.7 Å². The molecule has 3 fully saturated rings. The van der Waals surface area contributed by atoms with Crippen LogP contribution < -0.4 is 0 Å². The van der Waals surface area contributed by atoms with Crippen LogP contribution in [0.4, 0.5) is 0 Å². The second-order valence-corrected chi connectivity index (χ2v) is 14.1. The molecule has 0 amide bonds. The minimum Gasteiger partial charge on any atom is -0.462 e. The predicted octanol–water partition coefficient (Wildman–Crippen LogP) is 2.43. The molecule has 3 aliphatic carbocycles. The summed E-state index contributed by atoms with van der Waals surface area (Å²) < 4.78 is 48.5. The Kier molecular flexibility index (Phi) is 10.1. The SMILES string of the molecule is CC(=O)O[C@H]1C[C@@]2(OC(C)=O)[C@@H](OC(C)=O)[C@@H]3[C@@]4(CO4)[C@@H](OC(C)=O)C[C@H](OC(C)=O)[C@@]3(C)[C@@H](OC(C)=O)[C@H](OC(C)=O)C(=C1C)C2(C)C. The Bertz CT molecular complexity index is 1470. The molecule has 272 valence electrons. The average Bonchev–Trinajstić information content (AvgIpc) is 3.71. The maximum absolute atomic E-state index is 13.2. The Hall–Kier alpha value is -4.01. The van der Waals surface area contributed by atoms with E-state index in [1.807, 2.05) is 0 Å². The van der Waals surface area contributed by atoms with Gasteiger partial charge in [-0.25, -0.2) is 0 Å². The summed E-state index contributed by atoms with van der Waals surface area (Å²) >= 11 is 0. The molecule has 2 saturated carbocycles. The first-order valence-corrected chi connectivity index (χ1v) is 16.1. The van der Waals surface area contributed by atoms with E-state index in [1.54, 1.807) is 27.7 Å². The van der Waals surface area contributed by atoms with E-state index in [4.69, 9.17) is 37.9 Å². The van der Waals surface area contributed by atoms with Crippen LogP contribution in [0.25, 0.3) is 0 Å². The molecule has 4 aliphatic rings. The molecule has 0 aromatic rings. The first kappa shape index (κ1) is 37.8. The van der Waals surface area contributed by atoms with Crippen LogP contribution in [0.5, 0.6) is 0 Å². The third-order valence-corrected chi connectivity index (χ3v) is 10.5. The van der Waals surface area contributed by atoms with E-state index >= 15 is 0 Å². The van der Waals surface area contributed by atoms with Crippen molar-refractivity contribution in [1.29, 1.82) is 0 Å². The second kappa shape index (κ2) is 13.0. The van der Waals surface area contributed by atoms with E-state index in [0.29, 0.717) is 5.57 Å². The third kappa shape index (κ3) is 6.41. The molecule has 0 radical (unpaired) electrons. The van der Waals surface area contributed by atoms with E-state index < -0.39 is 106 Å². The Morgan fingerprint density at radius 3 is 1.55 bits per heavy atom. The molecular weight excluding hydrogens is 648 g/mol. The summed E-state index contributed by atoms with van der Waals surface area (Å²) in [5.74, 6) is -6.53. The lowest BCUT2D eigenvalue weighted by atomic mass is 9.45. The van der Waals surface area contributed by atoms with Gasteiger partial charge in [-0.1, -0.05) is 20.8 Å². The Balaban J connectivity index is 2.28. The summed E-state index contributed by atoms with van der Waals surface area (Å²) in [5.41, 5.74) is -5.83. The van der Waals surface area contributed by atoms with Gasteiger partial charge in [0.1, 0.15) is 30.0 Å². The number of esters is 7. The van der Waals surface area contributed by atoms with Crippen molar-refractivity contribution in [1.82, 2.24) is 0 Å². The maximum atomic E-state index is 13.2. The lowest BCUT2D eigenvalue weighted by Gasteiger charge is -2.65. The molecule has 4 rings (SSSR count). The van der Waals surface area contributed by atoms with Crippen molar-refractivity contribution in [3.63, 3.8) is 0 Å². The Morgan fingerprint density at radius 2 is 1.10 bits per heavy atom. The van der Waals surface area contributed by atoms with Gasteiger partial charge in [0, 0.05) is 72.6 Å². The van der Waals surface area contributed by atoms with Crippen molar-refractivity contribution in [2.75, 3.05) is 6.61 Å². The zero-order valence-corrected chi connectivity index (χ0v) is 29.8. The lowest BCUT2D eigenvalue weighted by Crippen LogP contribution is -2.77. The summed E-state index contributed by atoms with van der Waals surface area (Å²) in [5, 5.41) is 0. The summed E-state index contributed by atoms with van der Waals surface area (Å²) in [6.07, 6.45) is -8.34. The fraction of sp³-hybridized carbons (Fsp3) is 0.735. The zero-order chi connectivity index (χ0) is 37.0. The number of carbonyl (C=O) groups excluding carboxylic acids is 7. The summed E-state index contributed by atoms with van der Waals surface area (Å²) in [7, 11) is 0. The molecule has 1 spiro atoms. The van der Waals surface area contributed by atoms with Crippen molar-refractivity contribution >= 4 is 41.8 Å². The van der Waals surface area contributed by atoms with Gasteiger partial charge in [-0.15, -0.1) is 0 Å². The number of fused-ring (bicyclic) bond motifs is 4. The molecule has 15 heteroatoms. The summed E-state index contributed by atoms with van der Waals surface area (Å²) in [4.78, 5) is 90.3. The highest BCUT2D eigenvalue weighted by molar-refractivity contribution is 5.71. The number of hydrogen-bond acceptors (Lipinski definition) is 15. The topological polar surface area (TPSA) is 197 Å². The number of ether oxygens (including phenoxy) is 8. The predicted molar refractivity (Wildman–Crippen MR) is 164 cm³/mol. The van der Waals surface area contributed by atoms with Gasteiger partial charge in [-0.3, -0.25) is 33.6 Å². The molecule has 1 aliphatic heterocycles. The maximum Gasteiger partial charge on any atom is 0.303 e. The molecule has 2 bridgehead atoms. The molecule has 10 atom stereocenters. The zero-order valence-electron chi connectivity index (χ0n) is 29.8. The van der Waals surface area contributed by atoms with E-state index in [1.165, 1.54) is 20.8 Å². The normalized spacial score (nSPS) is 37.2. The fourth-order valence-electron chi connectivity index (χ4n) is 8.89. The smallest absolute Gasteiger partial charge is 0.303 e. The van der Waals surface area contributed by atoms with Crippen molar-refractivity contribution in [3.05, 3.63) is 11.1 Å². The molecule has 0 aromatic heterocycles. The van der Waals surface area contributed by atoms with Crippen molar-refractivity contribution in [2.45, 2.75) is 137 Å². The van der Waals surface area contributed by atoms with Crippen LogP contribution in [-0.2, 0) is 71.5 Å². The van der Waals surface area contributed by atoms with Crippen molar-refractivity contribution in [3.8, 4) is 0 Å². The fourth-order valence-corrected chi connectivity index (χ4v) is 8.89. The second-order valence-electron chi connectivity index (χ2n) is 14.1. The van der Waals surface area contributed by atoms with E-state index in [2.05, 4.69) is 0 Å². The number of rotatable bonds is 7. The van der Waals surface area contributed by atoms with Gasteiger partial charge in [0.2, 0.25) is 0 Å². The molecule has 15 nitrogen and oxygen atoms in total. The average molecular weight is 695 g/mol. The van der Waals surface area contributed by atoms with Gasteiger partial charge in [-0.05, 0) is 18.1 Å². The van der Waals surface area contributed by atoms with Crippen LogP contribution in [0.3, 0.4) is 0 Å². The van der Waals surface area contributed by atoms with Crippen LogP contribution in [-0.4, -0.2) is 96.2 Å².